The fraction of sp³-hybridized carbons (Fsp3) is 0.188. The number of hydrogen-bond acceptors (Lipinski definition) is 3. The standard InChI is InChI=1S/C16H17BN4O2/c1-4-12-18-14-13(15(22)20(3)16(23)19(14)2)21(12)9-10-6-5-7-11(17)8-10/h4-8H,1,9,17H2,2-3H3. The number of aromatic nitrogens is 4. The Balaban J connectivity index is 2.33. The van der Waals surface area contributed by atoms with Gasteiger partial charge in [0.1, 0.15) is 13.7 Å². The number of fused-ring (bicyclic) bond motifs is 1. The Kier molecular flexibility index (Phi) is 3.56. The van der Waals surface area contributed by atoms with Gasteiger partial charge in [0.05, 0.1) is 0 Å². The summed E-state index contributed by atoms with van der Waals surface area (Å²) in [5.41, 5.74) is 2.25. The molecule has 0 fully saturated rings. The van der Waals surface area contributed by atoms with Gasteiger partial charge < -0.3 is 4.57 Å². The van der Waals surface area contributed by atoms with Crippen molar-refractivity contribution in [3.63, 3.8) is 0 Å². The molecule has 0 atom stereocenters. The Bertz CT molecular complexity index is 1040. The molecule has 116 valence electrons. The summed E-state index contributed by atoms with van der Waals surface area (Å²) in [6, 6.07) is 8.06. The highest BCUT2D eigenvalue weighted by Gasteiger charge is 2.17. The van der Waals surface area contributed by atoms with Crippen molar-refractivity contribution in [3.8, 4) is 0 Å². The van der Waals surface area contributed by atoms with Crippen molar-refractivity contribution >= 4 is 30.5 Å². The minimum atomic E-state index is -0.390. The second kappa shape index (κ2) is 5.42. The molecule has 0 aliphatic heterocycles. The van der Waals surface area contributed by atoms with Gasteiger partial charge in [-0.15, -0.1) is 0 Å². The summed E-state index contributed by atoms with van der Waals surface area (Å²) in [5.74, 6) is 0.569. The van der Waals surface area contributed by atoms with Crippen LogP contribution in [-0.4, -0.2) is 26.5 Å². The zero-order valence-electron chi connectivity index (χ0n) is 13.4. The van der Waals surface area contributed by atoms with E-state index in [4.69, 9.17) is 0 Å². The highest BCUT2D eigenvalue weighted by molar-refractivity contribution is 6.32. The van der Waals surface area contributed by atoms with E-state index in [0.717, 1.165) is 15.6 Å². The minimum Gasteiger partial charge on any atom is -0.314 e. The molecule has 0 N–H and O–H groups in total. The van der Waals surface area contributed by atoms with Gasteiger partial charge >= 0.3 is 5.69 Å². The Morgan fingerprint density at radius 2 is 2.00 bits per heavy atom. The maximum atomic E-state index is 12.6. The number of benzene rings is 1. The van der Waals surface area contributed by atoms with Crippen LogP contribution < -0.4 is 16.7 Å². The molecule has 2 aromatic heterocycles. The second-order valence-electron chi connectivity index (χ2n) is 5.63. The summed E-state index contributed by atoms with van der Waals surface area (Å²) in [6.07, 6.45) is 1.60. The maximum absolute atomic E-state index is 12.6. The van der Waals surface area contributed by atoms with Crippen LogP contribution in [0.5, 0.6) is 0 Å². The molecule has 0 spiro atoms. The Morgan fingerprint density at radius 3 is 2.65 bits per heavy atom. The molecule has 0 bridgehead atoms. The van der Waals surface area contributed by atoms with Crippen LogP contribution in [0.2, 0.25) is 0 Å². The van der Waals surface area contributed by atoms with E-state index >= 15 is 0 Å². The summed E-state index contributed by atoms with van der Waals surface area (Å²) in [6.45, 7) is 4.26. The molecular weight excluding hydrogens is 291 g/mol. The zero-order chi connectivity index (χ0) is 16.7. The Hall–Kier alpha value is -2.83. The van der Waals surface area contributed by atoms with Gasteiger partial charge in [0, 0.05) is 20.6 Å². The lowest BCUT2D eigenvalue weighted by Crippen LogP contribution is -2.37. The molecule has 23 heavy (non-hydrogen) atoms. The average Bonchev–Trinajstić information content (AvgIpc) is 2.89. The number of rotatable bonds is 3. The fourth-order valence-electron chi connectivity index (χ4n) is 2.77. The molecule has 0 aliphatic rings. The van der Waals surface area contributed by atoms with Gasteiger partial charge in [-0.3, -0.25) is 13.9 Å². The lowest BCUT2D eigenvalue weighted by atomic mass is 9.94. The van der Waals surface area contributed by atoms with Crippen LogP contribution in [0.3, 0.4) is 0 Å². The van der Waals surface area contributed by atoms with Gasteiger partial charge in [-0.2, -0.15) is 0 Å². The van der Waals surface area contributed by atoms with Crippen molar-refractivity contribution in [2.24, 2.45) is 14.1 Å². The first-order valence-electron chi connectivity index (χ1n) is 7.28. The van der Waals surface area contributed by atoms with E-state index in [1.807, 2.05) is 26.0 Å². The van der Waals surface area contributed by atoms with Gasteiger partial charge in [0.2, 0.25) is 0 Å². The first-order chi connectivity index (χ1) is 10.9. The van der Waals surface area contributed by atoms with Gasteiger partial charge in [-0.05, 0) is 11.6 Å². The number of imidazole rings is 1. The number of aryl methyl sites for hydroxylation is 1. The lowest BCUT2D eigenvalue weighted by molar-refractivity contribution is 0.702. The molecule has 1 aromatic carbocycles. The number of hydrogen-bond donors (Lipinski definition) is 0. The van der Waals surface area contributed by atoms with E-state index < -0.39 is 5.69 Å². The van der Waals surface area contributed by atoms with Crippen molar-refractivity contribution < 1.29 is 0 Å². The molecule has 6 nitrogen and oxygen atoms in total. The van der Waals surface area contributed by atoms with E-state index in [0.29, 0.717) is 23.5 Å². The molecule has 3 aromatic rings. The normalized spacial score (nSPS) is 11.0. The molecule has 0 aliphatic carbocycles. The minimum absolute atomic E-state index is 0.351. The molecule has 3 rings (SSSR count). The topological polar surface area (TPSA) is 61.8 Å². The summed E-state index contributed by atoms with van der Waals surface area (Å²) in [4.78, 5) is 29.0. The second-order valence-corrected chi connectivity index (χ2v) is 5.63. The highest BCUT2D eigenvalue weighted by Crippen LogP contribution is 2.14. The largest absolute Gasteiger partial charge is 0.332 e. The van der Waals surface area contributed by atoms with E-state index in [1.54, 1.807) is 17.7 Å². The van der Waals surface area contributed by atoms with Crippen LogP contribution >= 0.6 is 0 Å². The predicted molar refractivity (Wildman–Crippen MR) is 94.0 cm³/mol. The van der Waals surface area contributed by atoms with Crippen LogP contribution in [-0.2, 0) is 20.6 Å². The molecule has 7 heteroatoms. The smallest absolute Gasteiger partial charge is 0.314 e. The molecular formula is C16H17BN4O2. The molecule has 2 heterocycles. The van der Waals surface area contributed by atoms with E-state index in [-0.39, 0.29) is 5.56 Å². The van der Waals surface area contributed by atoms with Crippen molar-refractivity contribution in [2.45, 2.75) is 6.54 Å². The quantitative estimate of drug-likeness (QED) is 0.606. The number of nitrogens with zero attached hydrogens (tertiary/aromatic N) is 4. The van der Waals surface area contributed by atoms with Gasteiger partial charge in [0.15, 0.2) is 11.2 Å². The monoisotopic (exact) mass is 308 g/mol. The summed E-state index contributed by atoms with van der Waals surface area (Å²) in [7, 11) is 5.11. The molecule has 0 amide bonds. The van der Waals surface area contributed by atoms with Crippen LogP contribution in [0, 0.1) is 0 Å². The van der Waals surface area contributed by atoms with Crippen LogP contribution in [0.15, 0.2) is 40.4 Å². The Morgan fingerprint density at radius 1 is 1.26 bits per heavy atom. The third kappa shape index (κ3) is 2.34. The van der Waals surface area contributed by atoms with E-state index in [1.165, 1.54) is 11.6 Å². The van der Waals surface area contributed by atoms with Crippen LogP contribution in [0.25, 0.3) is 17.2 Å². The van der Waals surface area contributed by atoms with Crippen LogP contribution in [0.1, 0.15) is 11.4 Å². The van der Waals surface area contributed by atoms with E-state index in [9.17, 15) is 9.59 Å². The lowest BCUT2D eigenvalue weighted by Gasteiger charge is -2.09. The highest BCUT2D eigenvalue weighted by atomic mass is 16.2. The van der Waals surface area contributed by atoms with Gasteiger partial charge in [0.25, 0.3) is 5.56 Å². The Labute approximate surface area is 133 Å². The third-order valence-electron chi connectivity index (χ3n) is 3.98. The summed E-state index contributed by atoms with van der Waals surface area (Å²) < 4.78 is 4.29. The molecule has 0 saturated heterocycles. The SMILES string of the molecule is Bc1cccc(Cn2c(C=C)nc3c2c(=O)n(C)c(=O)n3C)c1. The molecule has 0 radical (unpaired) electrons. The third-order valence-corrected chi connectivity index (χ3v) is 3.98. The molecule has 0 unspecified atom stereocenters. The predicted octanol–water partition coefficient (Wildman–Crippen LogP) is -0.617. The van der Waals surface area contributed by atoms with Crippen molar-refractivity contribution in [1.29, 1.82) is 0 Å². The molecule has 0 saturated carbocycles. The summed E-state index contributed by atoms with van der Waals surface area (Å²) in [5, 5.41) is 0. The van der Waals surface area contributed by atoms with Crippen molar-refractivity contribution in [1.82, 2.24) is 18.7 Å². The van der Waals surface area contributed by atoms with Crippen molar-refractivity contribution in [3.05, 3.63) is 63.1 Å². The van der Waals surface area contributed by atoms with Gasteiger partial charge in [-0.25, -0.2) is 9.78 Å². The maximum Gasteiger partial charge on any atom is 0.332 e. The fourth-order valence-corrected chi connectivity index (χ4v) is 2.77. The first-order valence-corrected chi connectivity index (χ1v) is 7.28. The summed E-state index contributed by atoms with van der Waals surface area (Å²) >= 11 is 0. The van der Waals surface area contributed by atoms with Gasteiger partial charge in [-0.1, -0.05) is 36.3 Å². The van der Waals surface area contributed by atoms with Crippen LogP contribution in [0.4, 0.5) is 0 Å². The van der Waals surface area contributed by atoms with E-state index in [2.05, 4.69) is 17.6 Å². The average molecular weight is 308 g/mol. The zero-order valence-corrected chi connectivity index (χ0v) is 13.4. The van der Waals surface area contributed by atoms with Crippen molar-refractivity contribution in [2.75, 3.05) is 0 Å². The first kappa shape index (κ1) is 15.1.